The normalized spacial score (nSPS) is 11.8. The maximum Gasteiger partial charge on any atom is 0.183 e. The molecule has 13 heavy (non-hydrogen) atoms. The highest BCUT2D eigenvalue weighted by Gasteiger charge is 2.10. The topological polar surface area (TPSA) is 54.6 Å². The average molecular weight is 182 g/mol. The Morgan fingerprint density at radius 3 is 2.54 bits per heavy atom. The van der Waals surface area contributed by atoms with Crippen molar-refractivity contribution >= 4 is 5.84 Å². The summed E-state index contributed by atoms with van der Waals surface area (Å²) in [5, 5.41) is 11.3. The highest BCUT2D eigenvalue weighted by molar-refractivity contribution is 5.95. The van der Waals surface area contributed by atoms with Crippen LogP contribution in [0.3, 0.4) is 0 Å². The van der Waals surface area contributed by atoms with Crippen LogP contribution in [-0.2, 0) is 0 Å². The van der Waals surface area contributed by atoms with Crippen LogP contribution >= 0.6 is 0 Å². The van der Waals surface area contributed by atoms with Crippen LogP contribution in [0.2, 0.25) is 0 Å². The minimum absolute atomic E-state index is 0.277. The van der Waals surface area contributed by atoms with E-state index in [1.54, 1.807) is 13.8 Å². The summed E-state index contributed by atoms with van der Waals surface area (Å²) in [5.74, 6) is 0.166. The molecule has 1 heterocycles. The molecule has 0 atom stereocenters. The lowest BCUT2D eigenvalue weighted by Gasteiger charge is -2.00. The number of aryl methyl sites for hydroxylation is 2. The Bertz CT molecular complexity index is 364. The molecule has 0 saturated heterocycles. The molecule has 0 fully saturated rings. The number of hydrogen-bond donors (Lipinski definition) is 1. The van der Waals surface area contributed by atoms with Crippen LogP contribution in [-0.4, -0.2) is 20.6 Å². The van der Waals surface area contributed by atoms with E-state index in [0.717, 1.165) is 0 Å². The Morgan fingerprint density at radius 1 is 1.54 bits per heavy atom. The second-order valence-electron chi connectivity index (χ2n) is 2.60. The summed E-state index contributed by atoms with van der Waals surface area (Å²) in [6.07, 6.45) is 1.22. The minimum atomic E-state index is -0.604. The third kappa shape index (κ3) is 1.80. The van der Waals surface area contributed by atoms with Crippen LogP contribution in [0.5, 0.6) is 0 Å². The third-order valence-corrected chi connectivity index (χ3v) is 1.57. The fourth-order valence-electron chi connectivity index (χ4n) is 0.971. The van der Waals surface area contributed by atoms with Crippen LogP contribution in [0.1, 0.15) is 18.6 Å². The van der Waals surface area contributed by atoms with Gasteiger partial charge in [-0.05, 0) is 26.8 Å². The van der Waals surface area contributed by atoms with E-state index in [-0.39, 0.29) is 5.84 Å². The highest BCUT2D eigenvalue weighted by Crippen LogP contribution is 2.03. The lowest BCUT2D eigenvalue weighted by atomic mass is 10.4. The number of allylic oxidation sites excluding steroid dienone is 2. The Balaban J connectivity index is 3.09. The molecule has 0 spiro atoms. The molecule has 0 radical (unpaired) electrons. The summed E-state index contributed by atoms with van der Waals surface area (Å²) >= 11 is 0. The zero-order chi connectivity index (χ0) is 10.0. The van der Waals surface area contributed by atoms with Crippen molar-refractivity contribution in [3.8, 4) is 0 Å². The van der Waals surface area contributed by atoms with Crippen molar-refractivity contribution in [3.05, 3.63) is 23.6 Å². The molecule has 1 aromatic rings. The highest BCUT2D eigenvalue weighted by atomic mass is 19.1. The molecular formula is C8H11FN4. The van der Waals surface area contributed by atoms with Crippen molar-refractivity contribution in [2.75, 3.05) is 0 Å². The van der Waals surface area contributed by atoms with Gasteiger partial charge in [0.15, 0.2) is 11.7 Å². The molecule has 0 saturated carbocycles. The Labute approximate surface area is 75.6 Å². The van der Waals surface area contributed by atoms with Crippen LogP contribution in [0, 0.1) is 19.3 Å². The van der Waals surface area contributed by atoms with Gasteiger partial charge in [-0.3, -0.25) is 5.41 Å². The maximum atomic E-state index is 12.9. The van der Waals surface area contributed by atoms with Gasteiger partial charge in [-0.15, -0.1) is 5.10 Å². The van der Waals surface area contributed by atoms with Gasteiger partial charge in [0.05, 0.1) is 0 Å². The predicted octanol–water partition coefficient (Wildman–Crippen LogP) is 1.59. The second kappa shape index (κ2) is 3.47. The zero-order valence-corrected chi connectivity index (χ0v) is 7.80. The number of halogens is 1. The summed E-state index contributed by atoms with van der Waals surface area (Å²) in [5.41, 5.74) is 0. The minimum Gasteiger partial charge on any atom is -0.280 e. The van der Waals surface area contributed by atoms with Crippen molar-refractivity contribution < 1.29 is 4.39 Å². The largest absolute Gasteiger partial charge is 0.280 e. The first-order valence-corrected chi connectivity index (χ1v) is 3.87. The first-order chi connectivity index (χ1) is 6.06. The fraction of sp³-hybridized carbons (Fsp3) is 0.375. The van der Waals surface area contributed by atoms with Gasteiger partial charge in [-0.25, -0.2) is 9.37 Å². The lowest BCUT2D eigenvalue weighted by molar-refractivity contribution is 0.660. The Kier molecular flexibility index (Phi) is 2.55. The van der Waals surface area contributed by atoms with Gasteiger partial charge in [-0.1, -0.05) is 0 Å². The van der Waals surface area contributed by atoms with E-state index < -0.39 is 5.83 Å². The molecule has 0 unspecified atom stereocenters. The Morgan fingerprint density at radius 2 is 2.15 bits per heavy atom. The van der Waals surface area contributed by atoms with Gasteiger partial charge in [0, 0.05) is 0 Å². The summed E-state index contributed by atoms with van der Waals surface area (Å²) in [6.45, 7) is 4.91. The molecule has 1 N–H and O–H groups in total. The van der Waals surface area contributed by atoms with E-state index in [1.807, 2.05) is 0 Å². The van der Waals surface area contributed by atoms with Crippen molar-refractivity contribution in [1.82, 2.24) is 14.8 Å². The van der Waals surface area contributed by atoms with Gasteiger partial charge >= 0.3 is 0 Å². The van der Waals surface area contributed by atoms with E-state index in [1.165, 1.54) is 17.7 Å². The molecular weight excluding hydrogens is 171 g/mol. The summed E-state index contributed by atoms with van der Waals surface area (Å²) in [6, 6.07) is 0. The van der Waals surface area contributed by atoms with E-state index in [0.29, 0.717) is 11.6 Å². The van der Waals surface area contributed by atoms with E-state index in [9.17, 15) is 4.39 Å². The summed E-state index contributed by atoms with van der Waals surface area (Å²) < 4.78 is 14.1. The fourth-order valence-corrected chi connectivity index (χ4v) is 0.971. The van der Waals surface area contributed by atoms with E-state index in [2.05, 4.69) is 10.1 Å². The van der Waals surface area contributed by atoms with E-state index in [4.69, 9.17) is 5.41 Å². The first kappa shape index (κ1) is 9.57. The molecule has 0 bridgehead atoms. The van der Waals surface area contributed by atoms with Crippen molar-refractivity contribution in [3.63, 3.8) is 0 Å². The molecule has 0 aliphatic heterocycles. The number of rotatable bonds is 1. The van der Waals surface area contributed by atoms with Gasteiger partial charge in [0.2, 0.25) is 0 Å². The number of nitrogens with one attached hydrogen (secondary N) is 1. The SMILES string of the molecule is C/C=C(/F)C(=N)n1nc(C)nc1C. The maximum absolute atomic E-state index is 12.9. The number of aromatic nitrogens is 3. The molecule has 0 aliphatic rings. The smallest absolute Gasteiger partial charge is 0.183 e. The van der Waals surface area contributed by atoms with Crippen LogP contribution in [0.4, 0.5) is 4.39 Å². The molecule has 0 amide bonds. The quantitative estimate of drug-likeness (QED) is 0.529. The van der Waals surface area contributed by atoms with Gasteiger partial charge in [0.25, 0.3) is 0 Å². The standard InChI is InChI=1S/C8H11FN4/c1-4-7(9)8(10)13-6(3)11-5(2)12-13/h4,10H,1-3H3/b7-4+,10-8?. The number of hydrogen-bond acceptors (Lipinski definition) is 3. The molecule has 4 nitrogen and oxygen atoms in total. The predicted molar refractivity (Wildman–Crippen MR) is 47.5 cm³/mol. The summed E-state index contributed by atoms with van der Waals surface area (Å²) in [7, 11) is 0. The zero-order valence-electron chi connectivity index (χ0n) is 7.80. The van der Waals surface area contributed by atoms with Crippen LogP contribution < -0.4 is 0 Å². The average Bonchev–Trinajstić information content (AvgIpc) is 2.42. The molecule has 0 aliphatic carbocycles. The first-order valence-electron chi connectivity index (χ1n) is 3.87. The number of nitrogens with zero attached hydrogens (tertiary/aromatic N) is 3. The van der Waals surface area contributed by atoms with Gasteiger partial charge in [0.1, 0.15) is 11.6 Å². The van der Waals surface area contributed by atoms with Crippen molar-refractivity contribution in [1.29, 1.82) is 5.41 Å². The van der Waals surface area contributed by atoms with Crippen molar-refractivity contribution in [2.45, 2.75) is 20.8 Å². The molecule has 1 rings (SSSR count). The molecule has 0 aromatic carbocycles. The monoisotopic (exact) mass is 182 g/mol. The molecule has 1 aromatic heterocycles. The lowest BCUT2D eigenvalue weighted by Crippen LogP contribution is -2.14. The Hall–Kier alpha value is -1.52. The second-order valence-corrected chi connectivity index (χ2v) is 2.60. The van der Waals surface area contributed by atoms with Crippen molar-refractivity contribution in [2.24, 2.45) is 0 Å². The molecule has 5 heteroatoms. The van der Waals surface area contributed by atoms with Crippen LogP contribution in [0.15, 0.2) is 11.9 Å². The van der Waals surface area contributed by atoms with Gasteiger partial charge < -0.3 is 0 Å². The van der Waals surface area contributed by atoms with E-state index >= 15 is 0 Å². The molecule has 70 valence electrons. The third-order valence-electron chi connectivity index (χ3n) is 1.57. The van der Waals surface area contributed by atoms with Crippen LogP contribution in [0.25, 0.3) is 0 Å². The summed E-state index contributed by atoms with van der Waals surface area (Å²) in [4.78, 5) is 3.97. The van der Waals surface area contributed by atoms with Gasteiger partial charge in [-0.2, -0.15) is 4.68 Å².